The Labute approximate surface area is 142 Å². The molecule has 0 fully saturated rings. The highest BCUT2D eigenvalue weighted by atomic mass is 15.1. The molecule has 0 bridgehead atoms. The summed E-state index contributed by atoms with van der Waals surface area (Å²) in [6, 6.07) is 8.82. The fourth-order valence-electron chi connectivity index (χ4n) is 2.55. The van der Waals surface area contributed by atoms with E-state index >= 15 is 0 Å². The summed E-state index contributed by atoms with van der Waals surface area (Å²) < 4.78 is 0. The highest BCUT2D eigenvalue weighted by Gasteiger charge is 2.06. The highest BCUT2D eigenvalue weighted by molar-refractivity contribution is 5.23. The highest BCUT2D eigenvalue weighted by Crippen LogP contribution is 2.11. The maximum atomic E-state index is 3.86. The Hall–Kier alpha value is -1.90. The molecule has 124 valence electrons. The van der Waals surface area contributed by atoms with Gasteiger partial charge in [0, 0.05) is 39.3 Å². The minimum absolute atomic E-state index is 0.875. The van der Waals surface area contributed by atoms with Crippen molar-refractivity contribution >= 4 is 0 Å². The van der Waals surface area contributed by atoms with Crippen molar-refractivity contribution in [1.82, 2.24) is 9.80 Å². The van der Waals surface area contributed by atoms with Crippen molar-refractivity contribution in [2.45, 2.75) is 20.0 Å². The summed E-state index contributed by atoms with van der Waals surface area (Å²) in [5, 5.41) is 0. The van der Waals surface area contributed by atoms with Crippen LogP contribution in [-0.4, -0.2) is 36.0 Å². The molecule has 0 radical (unpaired) electrons. The second kappa shape index (κ2) is 11.6. The molecule has 23 heavy (non-hydrogen) atoms. The lowest BCUT2D eigenvalue weighted by atomic mass is 10.1. The third-order valence-electron chi connectivity index (χ3n) is 3.56. The maximum Gasteiger partial charge on any atom is 0.0240 e. The van der Waals surface area contributed by atoms with E-state index < -0.39 is 0 Å². The number of allylic oxidation sites excluding steroid dienone is 1. The molecule has 0 saturated carbocycles. The van der Waals surface area contributed by atoms with Gasteiger partial charge in [-0.2, -0.15) is 0 Å². The van der Waals surface area contributed by atoms with Gasteiger partial charge in [-0.05, 0) is 18.1 Å². The lowest BCUT2D eigenvalue weighted by Crippen LogP contribution is -2.24. The third kappa shape index (κ3) is 7.78. The summed E-state index contributed by atoms with van der Waals surface area (Å²) >= 11 is 0. The normalized spacial score (nSPS) is 11.3. The van der Waals surface area contributed by atoms with Crippen molar-refractivity contribution in [1.29, 1.82) is 0 Å². The van der Waals surface area contributed by atoms with Crippen molar-refractivity contribution in [3.63, 3.8) is 0 Å². The van der Waals surface area contributed by atoms with E-state index in [0.717, 1.165) is 39.3 Å². The van der Waals surface area contributed by atoms with Gasteiger partial charge in [-0.3, -0.25) is 9.80 Å². The van der Waals surface area contributed by atoms with Crippen molar-refractivity contribution in [2.24, 2.45) is 0 Å². The summed E-state index contributed by atoms with van der Waals surface area (Å²) in [7, 11) is 0. The average molecular weight is 310 g/mol. The molecule has 1 rings (SSSR count). The molecule has 0 unspecified atom stereocenters. The van der Waals surface area contributed by atoms with E-state index in [1.807, 2.05) is 18.2 Å². The molecular formula is C21H30N2. The van der Waals surface area contributed by atoms with Crippen molar-refractivity contribution < 1.29 is 0 Å². The smallest absolute Gasteiger partial charge is 0.0240 e. The van der Waals surface area contributed by atoms with Crippen LogP contribution in [0.15, 0.2) is 74.4 Å². The minimum Gasteiger partial charge on any atom is -0.292 e. The van der Waals surface area contributed by atoms with E-state index in [1.165, 1.54) is 11.1 Å². The molecule has 0 amide bonds. The Morgan fingerprint density at radius 3 is 1.74 bits per heavy atom. The molecule has 0 aliphatic heterocycles. The van der Waals surface area contributed by atoms with Gasteiger partial charge >= 0.3 is 0 Å². The molecule has 0 atom stereocenters. The predicted octanol–water partition coefficient (Wildman–Crippen LogP) is 4.42. The fraction of sp³-hybridized carbons (Fsp3) is 0.333. The third-order valence-corrected chi connectivity index (χ3v) is 3.56. The zero-order chi connectivity index (χ0) is 16.9. The molecule has 0 saturated heterocycles. The number of nitrogens with zero attached hydrogens (tertiary/aromatic N) is 2. The fourth-order valence-corrected chi connectivity index (χ4v) is 2.55. The van der Waals surface area contributed by atoms with E-state index in [-0.39, 0.29) is 0 Å². The van der Waals surface area contributed by atoms with Gasteiger partial charge < -0.3 is 0 Å². The van der Waals surface area contributed by atoms with Gasteiger partial charge in [-0.1, -0.05) is 54.6 Å². The molecule has 0 aliphatic carbocycles. The van der Waals surface area contributed by atoms with Crippen LogP contribution in [0.2, 0.25) is 0 Å². The quantitative estimate of drug-likeness (QED) is 0.527. The molecule has 0 heterocycles. The molecular weight excluding hydrogens is 280 g/mol. The molecule has 2 heteroatoms. The summed E-state index contributed by atoms with van der Waals surface area (Å²) in [5.74, 6) is 0. The Morgan fingerprint density at radius 1 is 0.826 bits per heavy atom. The van der Waals surface area contributed by atoms with Crippen LogP contribution in [0.1, 0.15) is 18.1 Å². The van der Waals surface area contributed by atoms with Crippen molar-refractivity contribution in [3.05, 3.63) is 85.5 Å². The Morgan fingerprint density at radius 2 is 1.30 bits per heavy atom. The number of hydrogen-bond donors (Lipinski definition) is 0. The molecule has 0 spiro atoms. The minimum atomic E-state index is 0.875. The molecule has 1 aromatic carbocycles. The Kier molecular flexibility index (Phi) is 9.69. The standard InChI is InChI=1S/C21H30N2/c1-5-9-16-23(15-8-4)19-21-12-10-11-20(17-21)18-22(13-6-2)14-7-3/h5-12,17H,2-4,13-16,18-19H2,1H3/b9-5+. The monoisotopic (exact) mass is 310 g/mol. The molecule has 2 nitrogen and oxygen atoms in total. The van der Waals surface area contributed by atoms with E-state index in [0.29, 0.717) is 0 Å². The van der Waals surface area contributed by atoms with Crippen LogP contribution >= 0.6 is 0 Å². The lowest BCUT2D eigenvalue weighted by Gasteiger charge is -2.21. The lowest BCUT2D eigenvalue weighted by molar-refractivity contribution is 0.322. The number of rotatable bonds is 12. The van der Waals surface area contributed by atoms with E-state index in [9.17, 15) is 0 Å². The number of benzene rings is 1. The molecule has 0 N–H and O–H groups in total. The average Bonchev–Trinajstić information content (AvgIpc) is 2.54. The zero-order valence-electron chi connectivity index (χ0n) is 14.5. The summed E-state index contributed by atoms with van der Waals surface area (Å²) in [5.41, 5.74) is 2.67. The zero-order valence-corrected chi connectivity index (χ0v) is 14.5. The first kappa shape index (κ1) is 19.1. The van der Waals surface area contributed by atoms with Gasteiger partial charge in [-0.25, -0.2) is 0 Å². The van der Waals surface area contributed by atoms with Crippen LogP contribution in [0, 0.1) is 0 Å². The maximum absolute atomic E-state index is 3.86. The molecule has 0 aliphatic rings. The van der Waals surface area contributed by atoms with Gasteiger partial charge in [0.15, 0.2) is 0 Å². The van der Waals surface area contributed by atoms with Gasteiger partial charge in [0.25, 0.3) is 0 Å². The van der Waals surface area contributed by atoms with Crippen LogP contribution in [0.5, 0.6) is 0 Å². The van der Waals surface area contributed by atoms with Crippen LogP contribution in [0.4, 0.5) is 0 Å². The molecule has 0 aromatic heterocycles. The van der Waals surface area contributed by atoms with Gasteiger partial charge in [-0.15, -0.1) is 19.7 Å². The van der Waals surface area contributed by atoms with Crippen molar-refractivity contribution in [2.75, 3.05) is 26.2 Å². The first-order chi connectivity index (χ1) is 11.2. The first-order valence-corrected chi connectivity index (χ1v) is 8.19. The topological polar surface area (TPSA) is 6.48 Å². The van der Waals surface area contributed by atoms with Gasteiger partial charge in [0.05, 0.1) is 0 Å². The van der Waals surface area contributed by atoms with Crippen LogP contribution in [-0.2, 0) is 13.1 Å². The Bertz CT molecular complexity index is 506. The predicted molar refractivity (Wildman–Crippen MR) is 102 cm³/mol. The Balaban J connectivity index is 2.75. The van der Waals surface area contributed by atoms with E-state index in [2.05, 4.69) is 72.9 Å². The van der Waals surface area contributed by atoms with E-state index in [1.54, 1.807) is 0 Å². The van der Waals surface area contributed by atoms with E-state index in [4.69, 9.17) is 0 Å². The van der Waals surface area contributed by atoms with Crippen LogP contribution in [0.3, 0.4) is 0 Å². The van der Waals surface area contributed by atoms with Crippen LogP contribution in [0.25, 0.3) is 0 Å². The first-order valence-electron chi connectivity index (χ1n) is 8.19. The molecule has 1 aromatic rings. The largest absolute Gasteiger partial charge is 0.292 e. The van der Waals surface area contributed by atoms with Gasteiger partial charge in [0.2, 0.25) is 0 Å². The second-order valence-corrected chi connectivity index (χ2v) is 5.64. The van der Waals surface area contributed by atoms with Gasteiger partial charge in [0.1, 0.15) is 0 Å². The number of hydrogen-bond acceptors (Lipinski definition) is 2. The SMILES string of the molecule is C=CCN(CC=C)Cc1cccc(CN(CC=C)C/C=C/C)c1. The summed E-state index contributed by atoms with van der Waals surface area (Å²) in [4.78, 5) is 4.69. The van der Waals surface area contributed by atoms with Crippen molar-refractivity contribution in [3.8, 4) is 0 Å². The second-order valence-electron chi connectivity index (χ2n) is 5.64. The van der Waals surface area contributed by atoms with Crippen LogP contribution < -0.4 is 0 Å². The summed E-state index contributed by atoms with van der Waals surface area (Å²) in [6.07, 6.45) is 10.1. The summed E-state index contributed by atoms with van der Waals surface area (Å²) in [6.45, 7) is 19.0.